The number of hydrogen-bond donors (Lipinski definition) is 0. The molecule has 1 aromatic heterocycles. The summed E-state index contributed by atoms with van der Waals surface area (Å²) in [5.41, 5.74) is -0.348. The topological polar surface area (TPSA) is 129 Å². The maximum Gasteiger partial charge on any atom is 0.312 e. The van der Waals surface area contributed by atoms with Gasteiger partial charge in [-0.3, -0.25) is 19.7 Å². The van der Waals surface area contributed by atoms with Gasteiger partial charge in [-0.25, -0.2) is 4.98 Å². The minimum absolute atomic E-state index is 0.0708. The molecule has 1 aliphatic heterocycles. The third kappa shape index (κ3) is 6.11. The molecule has 1 aliphatic rings. The van der Waals surface area contributed by atoms with Crippen molar-refractivity contribution in [3.8, 4) is 5.75 Å². The molecule has 0 bridgehead atoms. The van der Waals surface area contributed by atoms with Crippen LogP contribution < -0.4 is 10.3 Å². The molecule has 0 aliphatic carbocycles. The van der Waals surface area contributed by atoms with Gasteiger partial charge in [0.05, 0.1) is 39.7 Å². The fourth-order valence-electron chi connectivity index (χ4n) is 3.86. The van der Waals surface area contributed by atoms with E-state index in [1.54, 1.807) is 23.1 Å². The van der Waals surface area contributed by atoms with Gasteiger partial charge in [0.25, 0.3) is 11.5 Å². The zero-order valence-electron chi connectivity index (χ0n) is 20.9. The first kappa shape index (κ1) is 27.9. The molecule has 2 heterocycles. The number of nitro benzene ring substituents is 1. The molecular weight excluding hydrogens is 626 g/mol. The summed E-state index contributed by atoms with van der Waals surface area (Å²) in [5, 5.41) is 16.6. The first-order valence-corrected chi connectivity index (χ1v) is 13.3. The van der Waals surface area contributed by atoms with Gasteiger partial charge in [0.1, 0.15) is 5.82 Å². The van der Waals surface area contributed by atoms with Crippen molar-refractivity contribution in [2.75, 3.05) is 32.9 Å². The van der Waals surface area contributed by atoms with E-state index in [1.807, 2.05) is 26.8 Å². The van der Waals surface area contributed by atoms with E-state index < -0.39 is 10.3 Å². The Kier molecular flexibility index (Phi) is 8.28. The van der Waals surface area contributed by atoms with Gasteiger partial charge in [0.15, 0.2) is 6.61 Å². The Balaban J connectivity index is 1.69. The molecule has 0 radical (unpaired) electrons. The van der Waals surface area contributed by atoms with Crippen LogP contribution in [0, 0.1) is 10.1 Å². The lowest BCUT2D eigenvalue weighted by atomic mass is 9.95. The highest BCUT2D eigenvalue weighted by atomic mass is 79.9. The van der Waals surface area contributed by atoms with E-state index in [2.05, 4.69) is 41.9 Å². The van der Waals surface area contributed by atoms with Crippen molar-refractivity contribution in [2.24, 2.45) is 5.10 Å². The SMILES string of the molecule is CC(C)(C)c1nc2ccc(Br)cc2c(=O)n1N=Cc1cc(Br)c(OCC(=O)N2CCOCC2)c([N+](=O)[O-])c1. The van der Waals surface area contributed by atoms with Gasteiger partial charge in [-0.2, -0.15) is 9.78 Å². The van der Waals surface area contributed by atoms with Crippen LogP contribution in [0.15, 0.2) is 49.2 Å². The summed E-state index contributed by atoms with van der Waals surface area (Å²) in [4.78, 5) is 43.3. The third-order valence-electron chi connectivity index (χ3n) is 5.75. The smallest absolute Gasteiger partial charge is 0.312 e. The van der Waals surface area contributed by atoms with E-state index >= 15 is 0 Å². The number of rotatable bonds is 6. The summed E-state index contributed by atoms with van der Waals surface area (Å²) >= 11 is 6.70. The van der Waals surface area contributed by atoms with Crippen LogP contribution in [-0.4, -0.2) is 64.5 Å². The van der Waals surface area contributed by atoms with E-state index in [0.29, 0.717) is 48.6 Å². The zero-order valence-corrected chi connectivity index (χ0v) is 24.1. The van der Waals surface area contributed by atoms with Crippen LogP contribution in [0.1, 0.15) is 32.2 Å². The molecule has 1 saturated heterocycles. The summed E-state index contributed by atoms with van der Waals surface area (Å²) in [5.74, 6) is 0.0758. The van der Waals surface area contributed by atoms with Gasteiger partial charge in [0.2, 0.25) is 5.75 Å². The first-order chi connectivity index (χ1) is 18.0. The highest BCUT2D eigenvalue weighted by molar-refractivity contribution is 9.10. The molecule has 3 aromatic rings. The third-order valence-corrected chi connectivity index (χ3v) is 6.83. The number of amides is 1. The molecule has 200 valence electrons. The molecule has 4 rings (SSSR count). The Morgan fingerprint density at radius 3 is 2.61 bits per heavy atom. The molecule has 0 N–H and O–H groups in total. The van der Waals surface area contributed by atoms with Crippen molar-refractivity contribution in [1.29, 1.82) is 0 Å². The Labute approximate surface area is 234 Å². The Bertz CT molecular complexity index is 1490. The summed E-state index contributed by atoms with van der Waals surface area (Å²) in [7, 11) is 0. The number of nitrogens with zero attached hydrogens (tertiary/aromatic N) is 5. The van der Waals surface area contributed by atoms with Crippen LogP contribution in [-0.2, 0) is 14.9 Å². The van der Waals surface area contributed by atoms with Crippen molar-refractivity contribution >= 4 is 60.6 Å². The molecular formula is C25H25Br2N5O6. The molecule has 38 heavy (non-hydrogen) atoms. The van der Waals surface area contributed by atoms with Gasteiger partial charge in [-0.1, -0.05) is 36.7 Å². The zero-order chi connectivity index (χ0) is 27.6. The molecule has 0 unspecified atom stereocenters. The number of halogens is 2. The van der Waals surface area contributed by atoms with Crippen LogP contribution in [0.25, 0.3) is 10.9 Å². The second-order valence-electron chi connectivity index (χ2n) is 9.60. The normalized spacial score (nSPS) is 14.3. The summed E-state index contributed by atoms with van der Waals surface area (Å²) < 4.78 is 13.0. The van der Waals surface area contributed by atoms with Crippen LogP contribution in [0.4, 0.5) is 5.69 Å². The van der Waals surface area contributed by atoms with Crippen molar-refractivity contribution in [2.45, 2.75) is 26.2 Å². The fourth-order valence-corrected chi connectivity index (χ4v) is 4.80. The maximum atomic E-state index is 13.4. The number of fused-ring (bicyclic) bond motifs is 1. The minimum atomic E-state index is -0.599. The fraction of sp³-hybridized carbons (Fsp3) is 0.360. The van der Waals surface area contributed by atoms with E-state index in [1.165, 1.54) is 17.0 Å². The predicted molar refractivity (Wildman–Crippen MR) is 149 cm³/mol. The first-order valence-electron chi connectivity index (χ1n) is 11.7. The number of hydrogen-bond acceptors (Lipinski definition) is 8. The van der Waals surface area contributed by atoms with E-state index in [-0.39, 0.29) is 34.0 Å². The summed E-state index contributed by atoms with van der Waals surface area (Å²) in [6, 6.07) is 8.08. The predicted octanol–water partition coefficient (Wildman–Crippen LogP) is 4.25. The molecule has 1 fully saturated rings. The average molecular weight is 651 g/mol. The highest BCUT2D eigenvalue weighted by Gasteiger charge is 2.25. The molecule has 1 amide bonds. The monoisotopic (exact) mass is 649 g/mol. The average Bonchev–Trinajstić information content (AvgIpc) is 2.87. The Hall–Kier alpha value is -3.16. The number of benzene rings is 2. The highest BCUT2D eigenvalue weighted by Crippen LogP contribution is 2.36. The van der Waals surface area contributed by atoms with Crippen molar-refractivity contribution in [3.63, 3.8) is 0 Å². The molecule has 0 atom stereocenters. The van der Waals surface area contributed by atoms with E-state index in [4.69, 9.17) is 9.47 Å². The molecule has 13 heteroatoms. The Morgan fingerprint density at radius 2 is 1.95 bits per heavy atom. The number of aromatic nitrogens is 2. The Morgan fingerprint density at radius 1 is 1.24 bits per heavy atom. The number of carbonyl (C=O) groups excluding carboxylic acids is 1. The summed E-state index contributed by atoms with van der Waals surface area (Å²) in [6.07, 6.45) is 1.35. The maximum absolute atomic E-state index is 13.4. The molecule has 0 spiro atoms. The largest absolute Gasteiger partial charge is 0.476 e. The van der Waals surface area contributed by atoms with Crippen LogP contribution in [0.2, 0.25) is 0 Å². The lowest BCUT2D eigenvalue weighted by molar-refractivity contribution is -0.385. The number of nitro groups is 1. The number of morpholine rings is 1. The van der Waals surface area contributed by atoms with Crippen LogP contribution in [0.5, 0.6) is 5.75 Å². The molecule has 11 nitrogen and oxygen atoms in total. The van der Waals surface area contributed by atoms with Crippen LogP contribution in [0.3, 0.4) is 0 Å². The lowest BCUT2D eigenvalue weighted by Gasteiger charge is -2.26. The van der Waals surface area contributed by atoms with Gasteiger partial charge in [-0.05, 0) is 40.2 Å². The number of ether oxygens (including phenoxy) is 2. The van der Waals surface area contributed by atoms with E-state index in [9.17, 15) is 19.7 Å². The van der Waals surface area contributed by atoms with Gasteiger partial charge in [-0.15, -0.1) is 0 Å². The van der Waals surface area contributed by atoms with Gasteiger partial charge in [0, 0.05) is 34.6 Å². The second-order valence-corrected chi connectivity index (χ2v) is 11.4. The van der Waals surface area contributed by atoms with Gasteiger partial charge >= 0.3 is 5.69 Å². The van der Waals surface area contributed by atoms with Crippen LogP contribution >= 0.6 is 31.9 Å². The standard InChI is InChI=1S/C25H25Br2N5O6/c1-25(2,3)24-29-19-5-4-16(26)12-17(19)23(34)31(24)28-13-15-10-18(27)22(20(11-15)32(35)36)38-14-21(33)30-6-8-37-9-7-30/h4-5,10-13H,6-9,14H2,1-3H3. The lowest BCUT2D eigenvalue weighted by Crippen LogP contribution is -2.43. The molecule has 2 aromatic carbocycles. The quantitative estimate of drug-likeness (QED) is 0.222. The summed E-state index contributed by atoms with van der Waals surface area (Å²) in [6.45, 7) is 7.15. The van der Waals surface area contributed by atoms with Crippen molar-refractivity contribution in [3.05, 3.63) is 71.1 Å². The number of carbonyl (C=O) groups is 1. The second kappa shape index (κ2) is 11.3. The van der Waals surface area contributed by atoms with Gasteiger partial charge < -0.3 is 14.4 Å². The van der Waals surface area contributed by atoms with Crippen molar-refractivity contribution in [1.82, 2.24) is 14.6 Å². The van der Waals surface area contributed by atoms with E-state index in [0.717, 1.165) is 4.47 Å². The minimum Gasteiger partial charge on any atom is -0.476 e. The molecule has 0 saturated carbocycles. The van der Waals surface area contributed by atoms with Crippen molar-refractivity contribution < 1.29 is 19.2 Å².